The van der Waals surface area contributed by atoms with Gasteiger partial charge in [0, 0.05) is 0 Å². The van der Waals surface area contributed by atoms with E-state index in [1.807, 2.05) is 0 Å². The van der Waals surface area contributed by atoms with Crippen molar-refractivity contribution in [3.63, 3.8) is 0 Å². The summed E-state index contributed by atoms with van der Waals surface area (Å²) in [7, 11) is -1.96. The van der Waals surface area contributed by atoms with Gasteiger partial charge in [-0.3, -0.25) is 0 Å². The third-order valence-corrected chi connectivity index (χ3v) is 0.658. The summed E-state index contributed by atoms with van der Waals surface area (Å²) in [4.78, 5) is 0. The third kappa shape index (κ3) is 26.7. The molecule has 0 heterocycles. The van der Waals surface area contributed by atoms with E-state index < -0.39 is 7.32 Å². The first-order valence-electron chi connectivity index (χ1n) is 3.09. The van der Waals surface area contributed by atoms with E-state index in [0.717, 1.165) is 6.26 Å². The largest absolute Gasteiger partial charge is 0.717 e. The molecule has 0 amide bonds. The summed E-state index contributed by atoms with van der Waals surface area (Å²) < 4.78 is 3.46. The van der Waals surface area contributed by atoms with Crippen LogP contribution in [0.15, 0.2) is 0 Å². The Bertz CT molecular complexity index is 89.4. The lowest BCUT2D eigenvalue weighted by atomic mass is 10.3. The van der Waals surface area contributed by atoms with Gasteiger partial charge < -0.3 is 14.7 Å². The van der Waals surface area contributed by atoms with Gasteiger partial charge in [0.15, 0.2) is 0 Å². The molecule has 0 aliphatic heterocycles. The Morgan fingerprint density at radius 2 is 1.80 bits per heavy atom. The zero-order valence-corrected chi connectivity index (χ0v) is 6.24. The molecule has 2 N–H and O–H groups in total. The Morgan fingerprint density at radius 3 is 1.80 bits per heavy atom. The zero-order valence-electron chi connectivity index (χ0n) is 6.24. The van der Waals surface area contributed by atoms with E-state index >= 15 is 0 Å². The van der Waals surface area contributed by atoms with E-state index in [1.165, 1.54) is 12.8 Å². The predicted octanol–water partition coefficient (Wildman–Crippen LogP) is 0.260. The summed E-state index contributed by atoms with van der Waals surface area (Å²) in [5.74, 6) is 0. The van der Waals surface area contributed by atoms with Gasteiger partial charge in [0.05, 0.1) is 0 Å². The van der Waals surface area contributed by atoms with Crippen molar-refractivity contribution in [2.45, 2.75) is 26.7 Å². The summed E-state index contributed by atoms with van der Waals surface area (Å²) in [5, 5.41) is 22.8. The number of unbranched alkanes of at least 4 members (excludes halogenated alkanes) is 1. The van der Waals surface area contributed by atoms with Gasteiger partial charge in [-0.25, -0.2) is 0 Å². The molecule has 0 aliphatic rings. The van der Waals surface area contributed by atoms with Gasteiger partial charge in [-0.15, -0.1) is 0 Å². The molecule has 0 aliphatic carbocycles. The number of hydrogen-bond donors (Lipinski definition) is 2. The maximum atomic E-state index is 7.66. The number of nitrogens with zero attached hydrogens (tertiary/aromatic N) is 1. The van der Waals surface area contributed by atoms with Crippen LogP contribution >= 0.6 is 0 Å². The van der Waals surface area contributed by atoms with Gasteiger partial charge in [0.2, 0.25) is 0 Å². The van der Waals surface area contributed by atoms with Crippen LogP contribution < -0.4 is 0 Å². The van der Waals surface area contributed by atoms with Gasteiger partial charge in [-0.1, -0.05) is 26.7 Å². The molecular weight excluding hydrogens is 133 g/mol. The summed E-state index contributed by atoms with van der Waals surface area (Å²) in [6, 6.07) is 0. The van der Waals surface area contributed by atoms with Crippen molar-refractivity contribution in [1.82, 2.24) is 0 Å². The lowest BCUT2D eigenvalue weighted by molar-refractivity contribution is 0.267. The third-order valence-electron chi connectivity index (χ3n) is 0.658. The van der Waals surface area contributed by atoms with Gasteiger partial charge in [-0.05, 0) is 0 Å². The number of hydrogen-bond acceptors (Lipinski definition) is 4. The first-order valence-corrected chi connectivity index (χ1v) is 3.09. The molecule has 0 fully saturated rings. The van der Waals surface area contributed by atoms with E-state index in [2.05, 4.69) is 18.5 Å². The molecule has 0 atom stereocenters. The van der Waals surface area contributed by atoms with Gasteiger partial charge in [-0.2, -0.15) is 5.26 Å². The van der Waals surface area contributed by atoms with Crippen molar-refractivity contribution in [2.24, 2.45) is 0 Å². The van der Waals surface area contributed by atoms with Crippen molar-refractivity contribution in [1.29, 1.82) is 5.26 Å². The highest BCUT2D eigenvalue weighted by molar-refractivity contribution is 6.33. The lowest BCUT2D eigenvalue weighted by Crippen LogP contribution is -2.12. The fraction of sp³-hybridized carbons (Fsp3) is 0.800. The highest BCUT2D eigenvalue weighted by atomic mass is 16.6. The number of nitriles is 1. The highest BCUT2D eigenvalue weighted by Gasteiger charge is 2.06. The van der Waals surface area contributed by atoms with Crippen molar-refractivity contribution in [3.05, 3.63) is 0 Å². The molecule has 0 rings (SSSR count). The van der Waals surface area contributed by atoms with Crippen LogP contribution in [0.5, 0.6) is 0 Å². The summed E-state index contributed by atoms with van der Waals surface area (Å²) >= 11 is 0. The van der Waals surface area contributed by atoms with Crippen LogP contribution in [-0.2, 0) is 4.65 Å². The van der Waals surface area contributed by atoms with Crippen LogP contribution in [0.25, 0.3) is 0 Å². The molecular formula is C5H12BNO3. The Hall–Kier alpha value is -0.725. The van der Waals surface area contributed by atoms with E-state index in [-0.39, 0.29) is 0 Å². The summed E-state index contributed by atoms with van der Waals surface area (Å²) in [6.45, 7) is 4.36. The van der Waals surface area contributed by atoms with Crippen LogP contribution in [0, 0.1) is 11.5 Å². The van der Waals surface area contributed by atoms with Crippen molar-refractivity contribution in [2.75, 3.05) is 0 Å². The first-order chi connectivity index (χ1) is 4.68. The quantitative estimate of drug-likeness (QED) is 0.431. The monoisotopic (exact) mass is 145 g/mol. The molecule has 0 saturated carbocycles. The van der Waals surface area contributed by atoms with E-state index in [0.29, 0.717) is 0 Å². The Morgan fingerprint density at radius 1 is 1.40 bits per heavy atom. The Kier molecular flexibility index (Phi) is 13.3. The maximum Gasteiger partial charge on any atom is 0.717 e. The molecule has 0 radical (unpaired) electrons. The SMILES string of the molecule is CCCC.N#COB(O)O. The van der Waals surface area contributed by atoms with Crippen LogP contribution in [0.2, 0.25) is 0 Å². The minimum Gasteiger partial charge on any atom is -0.442 e. The van der Waals surface area contributed by atoms with Crippen LogP contribution in [-0.4, -0.2) is 17.4 Å². The highest BCUT2D eigenvalue weighted by Crippen LogP contribution is 1.76. The molecule has 58 valence electrons. The van der Waals surface area contributed by atoms with Crippen molar-refractivity contribution in [3.8, 4) is 6.26 Å². The second kappa shape index (κ2) is 11.1. The molecule has 4 nitrogen and oxygen atoms in total. The molecule has 10 heavy (non-hydrogen) atoms. The molecule has 0 bridgehead atoms. The fourth-order valence-electron chi connectivity index (χ4n) is 0.0471. The van der Waals surface area contributed by atoms with Gasteiger partial charge in [0.25, 0.3) is 6.26 Å². The van der Waals surface area contributed by atoms with Crippen LogP contribution in [0.3, 0.4) is 0 Å². The topological polar surface area (TPSA) is 73.5 Å². The normalized spacial score (nSPS) is 6.70. The second-order valence-corrected chi connectivity index (χ2v) is 1.54. The molecule has 0 aromatic rings. The Balaban J connectivity index is 0. The predicted molar refractivity (Wildman–Crippen MR) is 37.5 cm³/mol. The maximum absolute atomic E-state index is 7.66. The minimum atomic E-state index is -1.96. The molecule has 0 spiro atoms. The van der Waals surface area contributed by atoms with Crippen molar-refractivity contribution < 1.29 is 14.7 Å². The lowest BCUT2D eigenvalue weighted by Gasteiger charge is -1.83. The standard InChI is InChI=1S/C4H10.CH2BNO3/c1-3-4-2;3-1-6-2(4)5/h3-4H2,1-2H3;4-5H. The van der Waals surface area contributed by atoms with Crippen LogP contribution in [0.1, 0.15) is 26.7 Å². The van der Waals surface area contributed by atoms with Gasteiger partial charge in [0.1, 0.15) is 0 Å². The molecule has 0 aromatic carbocycles. The van der Waals surface area contributed by atoms with E-state index in [1.54, 1.807) is 0 Å². The summed E-state index contributed by atoms with van der Waals surface area (Å²) in [6.07, 6.45) is 3.71. The molecule has 0 aromatic heterocycles. The van der Waals surface area contributed by atoms with Crippen molar-refractivity contribution >= 4 is 7.32 Å². The molecule has 5 heteroatoms. The molecule has 0 saturated heterocycles. The first kappa shape index (κ1) is 12.0. The van der Waals surface area contributed by atoms with Gasteiger partial charge >= 0.3 is 7.32 Å². The van der Waals surface area contributed by atoms with Crippen LogP contribution in [0.4, 0.5) is 0 Å². The smallest absolute Gasteiger partial charge is 0.442 e. The van der Waals surface area contributed by atoms with E-state index in [4.69, 9.17) is 15.3 Å². The minimum absolute atomic E-state index is 1.07. The Labute approximate surface area is 61.2 Å². The summed E-state index contributed by atoms with van der Waals surface area (Å²) in [5.41, 5.74) is 0. The van der Waals surface area contributed by atoms with E-state index in [9.17, 15) is 0 Å². The average molecular weight is 145 g/mol. The number of rotatable bonds is 2. The fourth-order valence-corrected chi connectivity index (χ4v) is 0.0471. The molecule has 0 unspecified atom stereocenters. The average Bonchev–Trinajstić information content (AvgIpc) is 1.89. The second-order valence-electron chi connectivity index (χ2n) is 1.54. The zero-order chi connectivity index (χ0) is 8.41.